The minimum absolute atomic E-state index is 0.281. The van der Waals surface area contributed by atoms with Gasteiger partial charge in [0.25, 0.3) is 0 Å². The summed E-state index contributed by atoms with van der Waals surface area (Å²) >= 11 is -2.98. The third kappa shape index (κ3) is 6.76. The Balaban J connectivity index is 2.67. The Kier molecular flexibility index (Phi) is 10.4. The van der Waals surface area contributed by atoms with Crippen LogP contribution in [0.4, 0.5) is 14.7 Å². The second kappa shape index (κ2) is 12.6. The topological polar surface area (TPSA) is 78.9 Å². The number of anilines is 1. The van der Waals surface area contributed by atoms with Gasteiger partial charge >= 0.3 is 189 Å². The Bertz CT molecular complexity index is 793. The normalized spacial score (nSPS) is 12.0. The van der Waals surface area contributed by atoms with Gasteiger partial charge in [0.05, 0.1) is 0 Å². The van der Waals surface area contributed by atoms with E-state index in [1.54, 1.807) is 12.4 Å². The molecular weight excluding hydrogens is 507 g/mol. The molecule has 2 aromatic heterocycles. The van der Waals surface area contributed by atoms with Crippen LogP contribution in [0, 0.1) is 0 Å². The van der Waals surface area contributed by atoms with Gasteiger partial charge in [-0.3, -0.25) is 0 Å². The van der Waals surface area contributed by atoms with Crippen molar-refractivity contribution in [2.75, 3.05) is 12.8 Å². The maximum atomic E-state index is 13.0. The summed E-state index contributed by atoms with van der Waals surface area (Å²) in [6, 6.07) is 0. The van der Waals surface area contributed by atoms with Gasteiger partial charge in [-0.15, -0.1) is 0 Å². The molecular formula is C22H37F2N5OSn. The number of rotatable bonds is 14. The van der Waals surface area contributed by atoms with Gasteiger partial charge in [-0.25, -0.2) is 0 Å². The number of hydrogen-bond acceptors (Lipinski definition) is 5. The molecule has 0 aliphatic heterocycles. The molecule has 0 fully saturated rings. The summed E-state index contributed by atoms with van der Waals surface area (Å²) in [4.78, 5) is 9.12. The Morgan fingerprint density at radius 3 is 2.10 bits per heavy atom. The summed E-state index contributed by atoms with van der Waals surface area (Å²) in [6.07, 6.45) is 7.85. The molecule has 9 heteroatoms. The van der Waals surface area contributed by atoms with Crippen molar-refractivity contribution in [2.24, 2.45) is 0 Å². The van der Waals surface area contributed by atoms with Crippen molar-refractivity contribution in [3.8, 4) is 17.0 Å². The molecule has 0 unspecified atom stereocenters. The van der Waals surface area contributed by atoms with Crippen LogP contribution in [-0.4, -0.2) is 51.7 Å². The van der Waals surface area contributed by atoms with E-state index in [2.05, 4.69) is 30.9 Å². The molecule has 2 N–H and O–H groups in total. The van der Waals surface area contributed by atoms with Crippen LogP contribution in [0.5, 0.6) is 5.88 Å². The van der Waals surface area contributed by atoms with E-state index in [4.69, 9.17) is 15.5 Å². The fourth-order valence-electron chi connectivity index (χ4n) is 4.25. The Morgan fingerprint density at radius 1 is 1.03 bits per heavy atom. The average molecular weight is 544 g/mol. The second-order valence-electron chi connectivity index (χ2n) is 8.25. The molecule has 0 atom stereocenters. The summed E-state index contributed by atoms with van der Waals surface area (Å²) in [5, 5.41) is 4.23. The van der Waals surface area contributed by atoms with Crippen molar-refractivity contribution >= 4 is 28.0 Å². The van der Waals surface area contributed by atoms with Crippen molar-refractivity contribution in [3.05, 3.63) is 12.4 Å². The van der Waals surface area contributed by atoms with Crippen molar-refractivity contribution in [3.63, 3.8) is 0 Å². The number of nitrogens with zero attached hydrogens (tertiary/aromatic N) is 4. The first-order chi connectivity index (χ1) is 14.9. The van der Waals surface area contributed by atoms with E-state index >= 15 is 0 Å². The number of nitrogen functional groups attached to an aromatic ring is 1. The van der Waals surface area contributed by atoms with Crippen LogP contribution < -0.4 is 14.2 Å². The number of hydrogen-bond donors (Lipinski definition) is 1. The van der Waals surface area contributed by atoms with Crippen LogP contribution >= 0.6 is 0 Å². The van der Waals surface area contributed by atoms with E-state index in [0.29, 0.717) is 11.4 Å². The first-order valence-electron chi connectivity index (χ1n) is 11.4. The first kappa shape index (κ1) is 25.8. The summed E-state index contributed by atoms with van der Waals surface area (Å²) < 4.78 is 37.4. The first-order valence-corrected chi connectivity index (χ1v) is 18.9. The monoisotopic (exact) mass is 545 g/mol. The van der Waals surface area contributed by atoms with Crippen LogP contribution in [0.3, 0.4) is 0 Å². The molecule has 0 radical (unpaired) electrons. The Morgan fingerprint density at radius 2 is 1.61 bits per heavy atom. The number of ether oxygens (including phenoxy) is 1. The van der Waals surface area contributed by atoms with E-state index in [-0.39, 0.29) is 5.95 Å². The summed E-state index contributed by atoms with van der Waals surface area (Å²) in [5.74, 6) is 0.611. The number of halogens is 2. The summed E-state index contributed by atoms with van der Waals surface area (Å²) in [7, 11) is 1.51. The molecule has 0 spiro atoms. The van der Waals surface area contributed by atoms with Crippen LogP contribution in [0.15, 0.2) is 12.4 Å². The molecule has 0 saturated carbocycles. The van der Waals surface area contributed by atoms with E-state index in [1.165, 1.54) is 44.4 Å². The van der Waals surface area contributed by atoms with E-state index in [9.17, 15) is 8.78 Å². The number of unbranched alkanes of at least 4 members (excludes halogenated alkanes) is 3. The maximum absolute atomic E-state index is 13.0. The van der Waals surface area contributed by atoms with Crippen molar-refractivity contribution in [1.82, 2.24) is 19.7 Å². The zero-order chi connectivity index (χ0) is 22.9. The average Bonchev–Trinajstić information content (AvgIpc) is 3.15. The van der Waals surface area contributed by atoms with Gasteiger partial charge in [0.2, 0.25) is 0 Å². The molecule has 0 aliphatic rings. The van der Waals surface area contributed by atoms with Gasteiger partial charge in [-0.05, 0) is 0 Å². The Labute approximate surface area is 188 Å². The molecule has 0 aliphatic carbocycles. The van der Waals surface area contributed by atoms with Gasteiger partial charge < -0.3 is 0 Å². The molecule has 174 valence electrons. The van der Waals surface area contributed by atoms with Gasteiger partial charge in [0.15, 0.2) is 0 Å². The molecule has 0 amide bonds. The van der Waals surface area contributed by atoms with Crippen molar-refractivity contribution in [1.29, 1.82) is 0 Å². The molecule has 31 heavy (non-hydrogen) atoms. The Hall–Kier alpha value is -1.45. The van der Waals surface area contributed by atoms with Gasteiger partial charge in [0, 0.05) is 0 Å². The number of alkyl halides is 2. The van der Waals surface area contributed by atoms with Crippen LogP contribution in [0.2, 0.25) is 13.3 Å². The third-order valence-corrected chi connectivity index (χ3v) is 21.1. The second-order valence-corrected chi connectivity index (χ2v) is 21.2. The predicted molar refractivity (Wildman–Crippen MR) is 125 cm³/mol. The third-order valence-electron chi connectivity index (χ3n) is 5.87. The molecule has 0 aromatic carbocycles. The van der Waals surface area contributed by atoms with Crippen molar-refractivity contribution in [2.45, 2.75) is 85.6 Å². The van der Waals surface area contributed by atoms with Crippen LogP contribution in [0.25, 0.3) is 11.1 Å². The molecule has 2 aromatic rings. The molecule has 0 saturated heterocycles. The summed E-state index contributed by atoms with van der Waals surface area (Å²) in [6.45, 7) is 6.20. The summed E-state index contributed by atoms with van der Waals surface area (Å²) in [5.41, 5.74) is 7.64. The zero-order valence-electron chi connectivity index (χ0n) is 19.3. The van der Waals surface area contributed by atoms with E-state index in [1.807, 2.05) is 0 Å². The van der Waals surface area contributed by atoms with Crippen LogP contribution in [-0.2, 0) is 6.54 Å². The van der Waals surface area contributed by atoms with Crippen molar-refractivity contribution < 1.29 is 13.5 Å². The number of aromatic nitrogens is 4. The van der Waals surface area contributed by atoms with E-state index in [0.717, 1.165) is 28.5 Å². The van der Waals surface area contributed by atoms with Gasteiger partial charge in [0.1, 0.15) is 0 Å². The number of nitrogens with two attached hydrogens (primary N) is 1. The molecule has 2 rings (SSSR count). The van der Waals surface area contributed by atoms with Crippen LogP contribution in [0.1, 0.15) is 59.3 Å². The quantitative estimate of drug-likeness (QED) is 0.329. The SMILES string of the molecule is CCC[CH2][Sn]([CH2]CCC)([CH2]CCC)[c]1nc(N)ncc1-c1cn(CC(F)F)nc1OC. The standard InChI is InChI=1S/C10H10F2N5O.3C4H9.Sn/c1-18-9-7(4-17(16-9)5-8(11)12)6-2-14-10(13)15-3-6;3*1-3-4-2;/h2,4,8H,5H2,1H3,(H2,13,14,15);3*1,3-4H2,2H3;. The number of methoxy groups -OCH3 is 1. The van der Waals surface area contributed by atoms with Gasteiger partial charge in [-0.2, -0.15) is 0 Å². The predicted octanol–water partition coefficient (Wildman–Crippen LogP) is 5.25. The molecule has 6 nitrogen and oxygen atoms in total. The van der Waals surface area contributed by atoms with E-state index < -0.39 is 31.3 Å². The fraction of sp³-hybridized carbons (Fsp3) is 0.682. The van der Waals surface area contributed by atoms with Gasteiger partial charge in [-0.1, -0.05) is 0 Å². The molecule has 0 bridgehead atoms. The molecule has 2 heterocycles. The minimum atomic E-state index is -2.98. The zero-order valence-corrected chi connectivity index (χ0v) is 22.2. The fourth-order valence-corrected chi connectivity index (χ4v) is 20.4.